The number of hydrogen-bond donors (Lipinski definition) is 0. The maximum Gasteiger partial charge on any atom is 0.0187 e. The average Bonchev–Trinajstić information content (AvgIpc) is 3.24. The third kappa shape index (κ3) is 5.09. The second kappa shape index (κ2) is 6.72. The van der Waals surface area contributed by atoms with Gasteiger partial charge in [-0.3, -0.25) is 0 Å². The smallest absolute Gasteiger partial charge is 0.0187 e. The van der Waals surface area contributed by atoms with Crippen LogP contribution in [-0.2, 0) is 16.2 Å². The minimum absolute atomic E-state index is 0.0969. The van der Waals surface area contributed by atoms with E-state index in [4.69, 9.17) is 0 Å². The molecule has 0 radical (unpaired) electrons. The molecule has 1 atom stereocenters. The highest BCUT2D eigenvalue weighted by Crippen LogP contribution is 2.43. The fourth-order valence-corrected chi connectivity index (χ4v) is 3.50. The topological polar surface area (TPSA) is 0 Å². The van der Waals surface area contributed by atoms with E-state index in [2.05, 4.69) is 95.5 Å². The predicted molar refractivity (Wildman–Crippen MR) is 116 cm³/mol. The van der Waals surface area contributed by atoms with Gasteiger partial charge in [-0.2, -0.15) is 0 Å². The minimum Gasteiger partial charge on any atom is -0.116 e. The monoisotopic (exact) mass is 356 g/mol. The van der Waals surface area contributed by atoms with Gasteiger partial charge in [0.25, 0.3) is 0 Å². The third-order valence-electron chi connectivity index (χ3n) is 4.99. The third-order valence-corrected chi connectivity index (χ3v) is 5.44. The van der Waals surface area contributed by atoms with Crippen molar-refractivity contribution in [2.45, 2.75) is 91.4 Å². The Bertz CT molecular complexity index is 669. The highest BCUT2D eigenvalue weighted by Gasteiger charge is 2.29. The number of benzene rings is 1. The van der Waals surface area contributed by atoms with Gasteiger partial charge in [0, 0.05) is 5.31 Å². The van der Waals surface area contributed by atoms with Crippen molar-refractivity contribution in [1.29, 1.82) is 0 Å². The van der Waals surface area contributed by atoms with Crippen LogP contribution in [0.3, 0.4) is 0 Å². The summed E-state index contributed by atoms with van der Waals surface area (Å²) < 4.78 is 0. The zero-order valence-corrected chi connectivity index (χ0v) is 19.0. The average molecular weight is 357 g/mol. The Labute approximate surface area is 158 Å². The van der Waals surface area contributed by atoms with Crippen LogP contribution in [0.25, 0.3) is 5.31 Å². The van der Waals surface area contributed by atoms with Crippen LogP contribution in [0, 0.1) is 5.92 Å². The van der Waals surface area contributed by atoms with Crippen molar-refractivity contribution >= 4 is 14.6 Å². The lowest BCUT2D eigenvalue weighted by atomic mass is 9.72. The van der Waals surface area contributed by atoms with Gasteiger partial charge in [-0.15, -0.1) is 5.73 Å². The van der Waals surface area contributed by atoms with E-state index >= 15 is 0 Å². The molecule has 0 bridgehead atoms. The van der Waals surface area contributed by atoms with Crippen molar-refractivity contribution in [1.82, 2.24) is 0 Å². The van der Waals surface area contributed by atoms with Gasteiger partial charge in [0.05, 0.1) is 0 Å². The van der Waals surface area contributed by atoms with Gasteiger partial charge in [-0.1, -0.05) is 83.7 Å². The molecular formula is C24H37P. The molecule has 1 aromatic carbocycles. The molecule has 1 unspecified atom stereocenters. The molecule has 1 fully saturated rings. The maximum atomic E-state index is 3.60. The molecule has 0 heterocycles. The van der Waals surface area contributed by atoms with Crippen LogP contribution in [0.4, 0.5) is 0 Å². The Morgan fingerprint density at radius 3 is 1.64 bits per heavy atom. The molecule has 0 aliphatic heterocycles. The fourth-order valence-electron chi connectivity index (χ4n) is 3.09. The van der Waals surface area contributed by atoms with Crippen LogP contribution in [0.15, 0.2) is 23.9 Å². The lowest BCUT2D eigenvalue weighted by Crippen LogP contribution is -2.23. The maximum absolute atomic E-state index is 3.60. The summed E-state index contributed by atoms with van der Waals surface area (Å²) in [4.78, 5) is 0. The second-order valence-electron chi connectivity index (χ2n) is 10.8. The van der Waals surface area contributed by atoms with Crippen LogP contribution < -0.4 is 0 Å². The van der Waals surface area contributed by atoms with Crippen molar-refractivity contribution in [3.8, 4) is 0 Å². The van der Waals surface area contributed by atoms with Gasteiger partial charge in [-0.25, -0.2) is 0 Å². The zero-order valence-electron chi connectivity index (χ0n) is 17.8. The molecule has 1 aliphatic carbocycles. The largest absolute Gasteiger partial charge is 0.116 e. The Morgan fingerprint density at radius 2 is 1.32 bits per heavy atom. The standard InChI is InChI=1S/C24H37P/c1-22(2,3)17-14-18(23(4,5)6)21(19(15-17)24(7,8)9)20(25)13-12-16-10-11-16/h12,14-16H,10-11,25H2,1-9H3. The van der Waals surface area contributed by atoms with Crippen molar-refractivity contribution in [3.63, 3.8) is 0 Å². The van der Waals surface area contributed by atoms with Crippen molar-refractivity contribution in [3.05, 3.63) is 46.2 Å². The van der Waals surface area contributed by atoms with E-state index in [9.17, 15) is 0 Å². The molecule has 1 aliphatic rings. The first-order valence-corrected chi connectivity index (χ1v) is 10.2. The van der Waals surface area contributed by atoms with Crippen LogP contribution in [0.5, 0.6) is 0 Å². The Kier molecular flexibility index (Phi) is 5.50. The van der Waals surface area contributed by atoms with Gasteiger partial charge >= 0.3 is 0 Å². The first-order valence-electron chi connectivity index (χ1n) is 9.63. The number of hydrogen-bond acceptors (Lipinski definition) is 0. The number of allylic oxidation sites excluding steroid dienone is 1. The SMILES string of the molecule is CC(C)(C)c1cc(C(C)(C)C)c(C(P)=C=CC2CC2)c(C(C)(C)C)c1. The normalized spacial score (nSPS) is 15.8. The number of rotatable bonds is 2. The van der Waals surface area contributed by atoms with E-state index in [0.717, 1.165) is 5.92 Å². The molecular weight excluding hydrogens is 319 g/mol. The Balaban J connectivity index is 2.84. The summed E-state index contributed by atoms with van der Waals surface area (Å²) in [6, 6.07) is 4.88. The summed E-state index contributed by atoms with van der Waals surface area (Å²) in [7, 11) is 2.97. The van der Waals surface area contributed by atoms with Crippen molar-refractivity contribution < 1.29 is 0 Å². The molecule has 2 rings (SSSR count). The molecule has 1 aromatic rings. The van der Waals surface area contributed by atoms with Gasteiger partial charge in [0.15, 0.2) is 0 Å². The van der Waals surface area contributed by atoms with Crippen LogP contribution in [0.1, 0.15) is 97.4 Å². The molecule has 138 valence electrons. The first-order chi connectivity index (χ1) is 11.2. The fraction of sp³-hybridized carbons (Fsp3) is 0.625. The summed E-state index contributed by atoms with van der Waals surface area (Å²) in [6.45, 7) is 20.9. The molecule has 0 amide bonds. The van der Waals surface area contributed by atoms with E-state index < -0.39 is 0 Å². The summed E-state index contributed by atoms with van der Waals surface area (Å²) in [5.74, 6) is 0.751. The molecule has 0 aromatic heterocycles. The summed E-state index contributed by atoms with van der Waals surface area (Å²) in [5, 5.41) is 1.21. The van der Waals surface area contributed by atoms with Gasteiger partial charge in [-0.05, 0) is 63.3 Å². The molecule has 1 heteroatoms. The molecule has 0 spiro atoms. The quantitative estimate of drug-likeness (QED) is 0.383. The summed E-state index contributed by atoms with van der Waals surface area (Å²) >= 11 is 0. The van der Waals surface area contributed by atoms with E-state index in [1.54, 1.807) is 0 Å². The van der Waals surface area contributed by atoms with Crippen molar-refractivity contribution in [2.24, 2.45) is 5.92 Å². The van der Waals surface area contributed by atoms with Crippen molar-refractivity contribution in [2.75, 3.05) is 0 Å². The molecule has 0 saturated heterocycles. The van der Waals surface area contributed by atoms with E-state index in [1.165, 1.54) is 40.4 Å². The molecule has 0 N–H and O–H groups in total. The van der Waals surface area contributed by atoms with E-state index in [0.29, 0.717) is 0 Å². The predicted octanol–water partition coefficient (Wildman–Crippen LogP) is 7.36. The summed E-state index contributed by atoms with van der Waals surface area (Å²) in [5.41, 5.74) is 9.62. The van der Waals surface area contributed by atoms with Crippen LogP contribution in [0.2, 0.25) is 0 Å². The van der Waals surface area contributed by atoms with Gasteiger partial charge in [0.1, 0.15) is 0 Å². The highest BCUT2D eigenvalue weighted by molar-refractivity contribution is 7.31. The minimum atomic E-state index is 0.0969. The lowest BCUT2D eigenvalue weighted by molar-refractivity contribution is 0.546. The van der Waals surface area contributed by atoms with Gasteiger partial charge < -0.3 is 0 Å². The first kappa shape index (κ1) is 20.5. The summed E-state index contributed by atoms with van der Waals surface area (Å²) in [6.07, 6.45) is 4.93. The Hall–Kier alpha value is -0.830. The zero-order chi connectivity index (χ0) is 19.2. The molecule has 1 saturated carbocycles. The van der Waals surface area contributed by atoms with Crippen LogP contribution in [-0.4, -0.2) is 0 Å². The molecule has 25 heavy (non-hydrogen) atoms. The van der Waals surface area contributed by atoms with E-state index in [-0.39, 0.29) is 16.2 Å². The highest BCUT2D eigenvalue weighted by atomic mass is 31.0. The lowest BCUT2D eigenvalue weighted by Gasteiger charge is -2.33. The van der Waals surface area contributed by atoms with Crippen LogP contribution >= 0.6 is 9.24 Å². The Morgan fingerprint density at radius 1 is 0.880 bits per heavy atom. The van der Waals surface area contributed by atoms with E-state index in [1.807, 2.05) is 0 Å². The second-order valence-corrected chi connectivity index (χ2v) is 11.3. The molecule has 0 nitrogen and oxygen atoms in total. The van der Waals surface area contributed by atoms with Gasteiger partial charge in [0.2, 0.25) is 0 Å².